The van der Waals surface area contributed by atoms with E-state index in [-0.39, 0.29) is 16.5 Å². The Hall–Kier alpha value is -0.460. The molecule has 2 aromatic carbocycles. The monoisotopic (exact) mass is 428 g/mol. The highest BCUT2D eigenvalue weighted by Crippen LogP contribution is 2.30. The van der Waals surface area contributed by atoms with E-state index >= 15 is 0 Å². The van der Waals surface area contributed by atoms with Gasteiger partial charge in [0.2, 0.25) is 0 Å². The molecule has 0 radical (unpaired) electrons. The largest absolute Gasteiger partial charge is 0.487 e. The van der Waals surface area contributed by atoms with E-state index < -0.39 is 9.05 Å². The third-order valence-corrected chi connectivity index (χ3v) is 5.08. The molecule has 112 valence electrons. The standard InChI is InChI=1S/C13H8BrCl3O3S/c14-9-2-1-8(11(15)5-9)7-20-13-4-3-10(6-12(13)16)21(17,18)19/h1-6H,7H2. The molecule has 2 aromatic rings. The Morgan fingerprint density at radius 3 is 2.33 bits per heavy atom. The Morgan fingerprint density at radius 1 is 1.05 bits per heavy atom. The highest BCUT2D eigenvalue weighted by Gasteiger charge is 2.13. The maximum atomic E-state index is 11.2. The molecule has 0 spiro atoms. The molecule has 0 fully saturated rings. The zero-order valence-corrected chi connectivity index (χ0v) is 15.0. The molecule has 0 aromatic heterocycles. The first kappa shape index (κ1) is 16.9. The van der Waals surface area contributed by atoms with Crippen molar-refractivity contribution in [2.75, 3.05) is 0 Å². The number of halogens is 4. The topological polar surface area (TPSA) is 43.4 Å². The lowest BCUT2D eigenvalue weighted by Gasteiger charge is -2.10. The summed E-state index contributed by atoms with van der Waals surface area (Å²) in [5.41, 5.74) is 0.782. The van der Waals surface area contributed by atoms with E-state index in [4.69, 9.17) is 38.6 Å². The van der Waals surface area contributed by atoms with Crippen molar-refractivity contribution in [2.45, 2.75) is 11.5 Å². The van der Waals surface area contributed by atoms with Crippen molar-refractivity contribution < 1.29 is 13.2 Å². The fourth-order valence-electron chi connectivity index (χ4n) is 1.54. The van der Waals surface area contributed by atoms with Crippen molar-refractivity contribution in [1.29, 1.82) is 0 Å². The van der Waals surface area contributed by atoms with Gasteiger partial charge in [-0.1, -0.05) is 45.2 Å². The van der Waals surface area contributed by atoms with Crippen LogP contribution in [-0.2, 0) is 15.7 Å². The maximum absolute atomic E-state index is 11.2. The van der Waals surface area contributed by atoms with Crippen LogP contribution in [0.1, 0.15) is 5.56 Å². The third-order valence-electron chi connectivity index (χ3n) is 2.58. The molecule has 2 rings (SSSR count). The van der Waals surface area contributed by atoms with Crippen LogP contribution in [0.4, 0.5) is 0 Å². The summed E-state index contributed by atoms with van der Waals surface area (Å²) < 4.78 is 28.8. The predicted molar refractivity (Wildman–Crippen MR) is 88.0 cm³/mol. The zero-order chi connectivity index (χ0) is 15.6. The lowest BCUT2D eigenvalue weighted by Crippen LogP contribution is -1.98. The minimum atomic E-state index is -3.81. The quantitative estimate of drug-likeness (QED) is 0.621. The first-order valence-corrected chi connectivity index (χ1v) is 9.44. The van der Waals surface area contributed by atoms with Crippen LogP contribution in [0, 0.1) is 0 Å². The number of ether oxygens (including phenoxy) is 1. The number of hydrogen-bond acceptors (Lipinski definition) is 3. The number of rotatable bonds is 4. The van der Waals surface area contributed by atoms with Crippen LogP contribution in [0.3, 0.4) is 0 Å². The summed E-state index contributed by atoms with van der Waals surface area (Å²) in [7, 11) is 1.43. The van der Waals surface area contributed by atoms with Crippen LogP contribution in [0.25, 0.3) is 0 Å². The Bertz CT molecular complexity index is 778. The predicted octanol–water partition coefficient (Wildman–Crippen LogP) is 5.26. The van der Waals surface area contributed by atoms with Gasteiger partial charge in [0.1, 0.15) is 12.4 Å². The summed E-state index contributed by atoms with van der Waals surface area (Å²) in [4.78, 5) is -0.0804. The Balaban J connectivity index is 2.17. The first-order chi connectivity index (χ1) is 9.77. The molecule has 0 aliphatic rings. The fourth-order valence-corrected chi connectivity index (χ4v) is 3.35. The Morgan fingerprint density at radius 2 is 1.76 bits per heavy atom. The highest BCUT2D eigenvalue weighted by molar-refractivity contribution is 9.10. The van der Waals surface area contributed by atoms with Gasteiger partial charge in [-0.2, -0.15) is 0 Å². The summed E-state index contributed by atoms with van der Waals surface area (Å²) in [6.45, 7) is 0.207. The summed E-state index contributed by atoms with van der Waals surface area (Å²) in [5, 5.41) is 0.713. The van der Waals surface area contributed by atoms with E-state index in [2.05, 4.69) is 15.9 Å². The maximum Gasteiger partial charge on any atom is 0.261 e. The van der Waals surface area contributed by atoms with E-state index in [0.717, 1.165) is 10.0 Å². The molecule has 8 heteroatoms. The average molecular weight is 431 g/mol. The van der Waals surface area contributed by atoms with Crippen LogP contribution in [0.2, 0.25) is 10.0 Å². The van der Waals surface area contributed by atoms with Gasteiger partial charge in [0.25, 0.3) is 9.05 Å². The molecule has 0 saturated heterocycles. The van der Waals surface area contributed by atoms with Gasteiger partial charge in [0.15, 0.2) is 0 Å². The van der Waals surface area contributed by atoms with Crippen LogP contribution >= 0.6 is 49.8 Å². The molecule has 0 saturated carbocycles. The van der Waals surface area contributed by atoms with Crippen molar-refractivity contribution in [3.63, 3.8) is 0 Å². The van der Waals surface area contributed by atoms with Gasteiger partial charge in [-0.05, 0) is 30.3 Å². The van der Waals surface area contributed by atoms with Crippen LogP contribution in [0.15, 0.2) is 45.8 Å². The van der Waals surface area contributed by atoms with Gasteiger partial charge >= 0.3 is 0 Å². The SMILES string of the molecule is O=S(=O)(Cl)c1ccc(OCc2ccc(Br)cc2Cl)c(Cl)c1. The van der Waals surface area contributed by atoms with Gasteiger partial charge < -0.3 is 4.74 Å². The van der Waals surface area contributed by atoms with Gasteiger partial charge in [0, 0.05) is 25.7 Å². The summed E-state index contributed by atoms with van der Waals surface area (Å²) in [5.74, 6) is 0.347. The number of hydrogen-bond donors (Lipinski definition) is 0. The summed E-state index contributed by atoms with van der Waals surface area (Å²) in [6, 6.07) is 9.43. The van der Waals surface area contributed by atoms with Gasteiger partial charge in [-0.25, -0.2) is 8.42 Å². The molecule has 3 nitrogen and oxygen atoms in total. The molecule has 0 amide bonds. The van der Waals surface area contributed by atoms with E-state index in [0.29, 0.717) is 10.8 Å². The van der Waals surface area contributed by atoms with Crippen molar-refractivity contribution in [3.8, 4) is 5.75 Å². The average Bonchev–Trinajstić information content (AvgIpc) is 2.38. The molecule has 0 N–H and O–H groups in total. The Labute approximate surface area is 145 Å². The second-order valence-corrected chi connectivity index (χ2v) is 8.35. The van der Waals surface area contributed by atoms with Gasteiger partial charge in [-0.3, -0.25) is 0 Å². The second-order valence-electron chi connectivity index (χ2n) is 4.05. The minimum Gasteiger partial charge on any atom is -0.487 e. The van der Waals surface area contributed by atoms with Crippen molar-refractivity contribution in [3.05, 3.63) is 56.5 Å². The van der Waals surface area contributed by atoms with E-state index in [1.165, 1.54) is 18.2 Å². The lowest BCUT2D eigenvalue weighted by molar-refractivity contribution is 0.306. The van der Waals surface area contributed by atoms with Crippen molar-refractivity contribution in [2.24, 2.45) is 0 Å². The van der Waals surface area contributed by atoms with Crippen LogP contribution < -0.4 is 4.74 Å². The van der Waals surface area contributed by atoms with E-state index in [1.807, 2.05) is 12.1 Å². The third kappa shape index (κ3) is 4.50. The molecular formula is C13H8BrCl3O3S. The molecule has 0 aliphatic carbocycles. The second kappa shape index (κ2) is 6.75. The number of benzene rings is 2. The minimum absolute atomic E-state index is 0.0804. The van der Waals surface area contributed by atoms with E-state index in [1.54, 1.807) is 6.07 Å². The molecule has 0 unspecified atom stereocenters. The van der Waals surface area contributed by atoms with Gasteiger partial charge in [0.05, 0.1) is 9.92 Å². The highest BCUT2D eigenvalue weighted by atomic mass is 79.9. The van der Waals surface area contributed by atoms with Crippen LogP contribution in [0.5, 0.6) is 5.75 Å². The van der Waals surface area contributed by atoms with Crippen molar-refractivity contribution >= 4 is 58.9 Å². The smallest absolute Gasteiger partial charge is 0.261 e. The summed E-state index contributed by atoms with van der Waals surface area (Å²) in [6.07, 6.45) is 0. The molecular weight excluding hydrogens is 422 g/mol. The fraction of sp³-hybridized carbons (Fsp3) is 0.0769. The first-order valence-electron chi connectivity index (χ1n) is 5.58. The molecule has 21 heavy (non-hydrogen) atoms. The normalized spacial score (nSPS) is 11.4. The molecule has 0 heterocycles. The molecule has 0 atom stereocenters. The van der Waals surface area contributed by atoms with E-state index in [9.17, 15) is 8.42 Å². The molecule has 0 bridgehead atoms. The summed E-state index contributed by atoms with van der Waals surface area (Å²) >= 11 is 15.4. The van der Waals surface area contributed by atoms with Crippen LogP contribution in [-0.4, -0.2) is 8.42 Å². The Kier molecular flexibility index (Phi) is 5.43. The zero-order valence-electron chi connectivity index (χ0n) is 10.3. The van der Waals surface area contributed by atoms with Gasteiger partial charge in [-0.15, -0.1) is 0 Å². The molecule has 0 aliphatic heterocycles. The lowest BCUT2D eigenvalue weighted by atomic mass is 10.2. The van der Waals surface area contributed by atoms with Crippen molar-refractivity contribution in [1.82, 2.24) is 0 Å².